The van der Waals surface area contributed by atoms with E-state index in [2.05, 4.69) is 20.7 Å². The monoisotopic (exact) mass is 327 g/mol. The lowest BCUT2D eigenvalue weighted by Gasteiger charge is -2.04. The topological polar surface area (TPSA) is 55.4 Å². The van der Waals surface area contributed by atoms with Crippen LogP contribution in [0.4, 0.5) is 0 Å². The summed E-state index contributed by atoms with van der Waals surface area (Å²) in [6, 6.07) is 3.32. The van der Waals surface area contributed by atoms with Crippen LogP contribution in [-0.4, -0.2) is 28.7 Å². The highest BCUT2D eigenvalue weighted by molar-refractivity contribution is 9.11. The summed E-state index contributed by atoms with van der Waals surface area (Å²) in [5.41, 5.74) is 0. The van der Waals surface area contributed by atoms with Gasteiger partial charge in [-0.15, -0.1) is 11.3 Å². The molecule has 0 bridgehead atoms. The molecule has 0 aliphatic heterocycles. The van der Waals surface area contributed by atoms with Crippen LogP contribution in [0, 0.1) is 0 Å². The Morgan fingerprint density at radius 2 is 2.19 bits per heavy atom. The first-order chi connectivity index (χ1) is 7.56. The first kappa shape index (κ1) is 14.1. The summed E-state index contributed by atoms with van der Waals surface area (Å²) < 4.78 is 32.0. The normalized spacial score (nSPS) is 11.9. The van der Waals surface area contributed by atoms with Gasteiger partial charge in [-0.1, -0.05) is 0 Å². The third kappa shape index (κ3) is 4.50. The van der Waals surface area contributed by atoms with Gasteiger partial charge < -0.3 is 4.74 Å². The molecule has 92 valence electrons. The maximum Gasteiger partial charge on any atom is 0.250 e. The molecule has 0 aliphatic rings. The Hall–Kier alpha value is 0.0500. The molecule has 1 aromatic heterocycles. The molecule has 1 aromatic rings. The van der Waals surface area contributed by atoms with Gasteiger partial charge in [0.25, 0.3) is 0 Å². The average Bonchev–Trinajstić information content (AvgIpc) is 2.65. The van der Waals surface area contributed by atoms with Crippen molar-refractivity contribution >= 4 is 37.3 Å². The summed E-state index contributed by atoms with van der Waals surface area (Å²) in [4.78, 5) is 0. The molecule has 7 heteroatoms. The van der Waals surface area contributed by atoms with Crippen molar-refractivity contribution in [3.05, 3.63) is 15.9 Å². The van der Waals surface area contributed by atoms with Crippen LogP contribution >= 0.6 is 27.3 Å². The zero-order valence-electron chi connectivity index (χ0n) is 8.90. The maximum atomic E-state index is 11.7. The second kappa shape index (κ2) is 6.70. The standard InChI is InChI=1S/C9H14BrNO3S2/c1-14-7-3-2-6-11-16(12,13)9-5-4-8(10)15-9/h4-5,11H,2-3,6-7H2,1H3. The molecule has 1 N–H and O–H groups in total. The Balaban J connectivity index is 2.41. The fourth-order valence-corrected chi connectivity index (χ4v) is 4.22. The molecular formula is C9H14BrNO3S2. The number of sulfonamides is 1. The van der Waals surface area contributed by atoms with Crippen LogP contribution in [0.3, 0.4) is 0 Å². The zero-order valence-corrected chi connectivity index (χ0v) is 12.1. The molecule has 0 saturated carbocycles. The molecule has 0 aliphatic carbocycles. The number of rotatable bonds is 7. The van der Waals surface area contributed by atoms with Crippen LogP contribution in [0.5, 0.6) is 0 Å². The van der Waals surface area contributed by atoms with Crippen molar-refractivity contribution in [1.29, 1.82) is 0 Å². The number of ether oxygens (including phenoxy) is 1. The smallest absolute Gasteiger partial charge is 0.250 e. The summed E-state index contributed by atoms with van der Waals surface area (Å²) >= 11 is 4.44. The second-order valence-electron chi connectivity index (χ2n) is 3.16. The molecule has 0 unspecified atom stereocenters. The van der Waals surface area contributed by atoms with Crippen LogP contribution in [0.15, 0.2) is 20.1 Å². The third-order valence-electron chi connectivity index (χ3n) is 1.88. The van der Waals surface area contributed by atoms with Crippen molar-refractivity contribution in [1.82, 2.24) is 4.72 Å². The Labute approximate surface area is 108 Å². The van der Waals surface area contributed by atoms with Gasteiger partial charge in [0, 0.05) is 20.3 Å². The minimum Gasteiger partial charge on any atom is -0.385 e. The van der Waals surface area contributed by atoms with Gasteiger partial charge in [0.15, 0.2) is 0 Å². The van der Waals surface area contributed by atoms with Gasteiger partial charge >= 0.3 is 0 Å². The number of hydrogen-bond acceptors (Lipinski definition) is 4. The molecule has 0 atom stereocenters. The summed E-state index contributed by atoms with van der Waals surface area (Å²) in [7, 11) is -1.70. The molecule has 1 heterocycles. The molecule has 1 rings (SSSR count). The molecule has 16 heavy (non-hydrogen) atoms. The molecular weight excluding hydrogens is 314 g/mol. The quantitative estimate of drug-likeness (QED) is 0.781. The van der Waals surface area contributed by atoms with Crippen molar-refractivity contribution in [2.45, 2.75) is 17.1 Å². The summed E-state index contributed by atoms with van der Waals surface area (Å²) in [5, 5.41) is 0. The highest BCUT2D eigenvalue weighted by Crippen LogP contribution is 2.25. The minimum absolute atomic E-state index is 0.339. The highest BCUT2D eigenvalue weighted by Gasteiger charge is 2.15. The first-order valence-electron chi connectivity index (χ1n) is 4.80. The van der Waals surface area contributed by atoms with Crippen molar-refractivity contribution in [3.8, 4) is 0 Å². The number of thiophene rings is 1. The Morgan fingerprint density at radius 1 is 1.44 bits per heavy atom. The largest absolute Gasteiger partial charge is 0.385 e. The van der Waals surface area contributed by atoms with E-state index in [1.807, 2.05) is 0 Å². The maximum absolute atomic E-state index is 11.7. The van der Waals surface area contributed by atoms with Crippen LogP contribution in [-0.2, 0) is 14.8 Å². The predicted molar refractivity (Wildman–Crippen MR) is 68.3 cm³/mol. The van der Waals surface area contributed by atoms with Gasteiger partial charge in [-0.05, 0) is 40.9 Å². The second-order valence-corrected chi connectivity index (χ2v) is 7.61. The van der Waals surface area contributed by atoms with E-state index in [0.29, 0.717) is 17.4 Å². The van der Waals surface area contributed by atoms with E-state index in [0.717, 1.165) is 16.6 Å². The van der Waals surface area contributed by atoms with Gasteiger partial charge in [-0.3, -0.25) is 0 Å². The minimum atomic E-state index is -3.33. The van der Waals surface area contributed by atoms with Gasteiger partial charge in [0.1, 0.15) is 4.21 Å². The molecule has 0 amide bonds. The van der Waals surface area contributed by atoms with Gasteiger partial charge in [0.2, 0.25) is 10.0 Å². The Bertz CT molecular complexity index is 416. The Kier molecular flexibility index (Phi) is 5.91. The van der Waals surface area contributed by atoms with E-state index in [9.17, 15) is 8.42 Å². The summed E-state index contributed by atoms with van der Waals surface area (Å²) in [6.45, 7) is 1.10. The molecule has 0 radical (unpaired) electrons. The summed E-state index contributed by atoms with van der Waals surface area (Å²) in [6.07, 6.45) is 1.63. The van der Waals surface area contributed by atoms with E-state index in [-0.39, 0.29) is 0 Å². The van der Waals surface area contributed by atoms with Gasteiger partial charge in [-0.25, -0.2) is 13.1 Å². The van der Waals surface area contributed by atoms with E-state index in [4.69, 9.17) is 4.74 Å². The molecule has 0 saturated heterocycles. The van der Waals surface area contributed by atoms with E-state index < -0.39 is 10.0 Å². The number of nitrogens with one attached hydrogen (secondary N) is 1. The lowest BCUT2D eigenvalue weighted by molar-refractivity contribution is 0.193. The SMILES string of the molecule is COCCCCNS(=O)(=O)c1ccc(Br)s1. The van der Waals surface area contributed by atoms with E-state index >= 15 is 0 Å². The number of methoxy groups -OCH3 is 1. The predicted octanol–water partition coefficient (Wildman–Crippen LogP) is 2.22. The van der Waals surface area contributed by atoms with E-state index in [1.165, 1.54) is 11.3 Å². The van der Waals surface area contributed by atoms with Crippen LogP contribution < -0.4 is 4.72 Å². The van der Waals surface area contributed by atoms with Crippen molar-refractivity contribution < 1.29 is 13.2 Å². The molecule has 0 spiro atoms. The first-order valence-corrected chi connectivity index (χ1v) is 7.89. The van der Waals surface area contributed by atoms with E-state index in [1.54, 1.807) is 19.2 Å². The molecule has 0 aromatic carbocycles. The highest BCUT2D eigenvalue weighted by atomic mass is 79.9. The van der Waals surface area contributed by atoms with Crippen LogP contribution in [0.25, 0.3) is 0 Å². The van der Waals surface area contributed by atoms with Crippen molar-refractivity contribution in [2.24, 2.45) is 0 Å². The molecule has 0 fully saturated rings. The fraction of sp³-hybridized carbons (Fsp3) is 0.556. The lowest BCUT2D eigenvalue weighted by Crippen LogP contribution is -2.24. The number of hydrogen-bond donors (Lipinski definition) is 1. The lowest BCUT2D eigenvalue weighted by atomic mass is 10.3. The van der Waals surface area contributed by atoms with Crippen LogP contribution in [0.1, 0.15) is 12.8 Å². The molecule has 4 nitrogen and oxygen atoms in total. The van der Waals surface area contributed by atoms with Crippen molar-refractivity contribution in [3.63, 3.8) is 0 Å². The average molecular weight is 328 g/mol. The van der Waals surface area contributed by atoms with Crippen LogP contribution in [0.2, 0.25) is 0 Å². The van der Waals surface area contributed by atoms with Gasteiger partial charge in [-0.2, -0.15) is 0 Å². The third-order valence-corrected chi connectivity index (χ3v) is 5.46. The Morgan fingerprint density at radius 3 is 2.75 bits per heavy atom. The van der Waals surface area contributed by atoms with Crippen molar-refractivity contribution in [2.75, 3.05) is 20.3 Å². The zero-order chi connectivity index (χ0) is 12.0. The van der Waals surface area contributed by atoms with Gasteiger partial charge in [0.05, 0.1) is 3.79 Å². The number of halogens is 1. The number of unbranched alkanes of at least 4 members (excludes halogenated alkanes) is 1. The summed E-state index contributed by atoms with van der Waals surface area (Å²) in [5.74, 6) is 0. The fourth-order valence-electron chi connectivity index (χ4n) is 1.09.